The molecule has 0 radical (unpaired) electrons. The average Bonchev–Trinajstić information content (AvgIpc) is 2.37. The quantitative estimate of drug-likeness (QED) is 0.648. The molecular weight excluding hydrogens is 254 g/mol. The van der Waals surface area contributed by atoms with Gasteiger partial charge in [0.2, 0.25) is 0 Å². The molecule has 4 bridgehead atoms. The number of rotatable bonds is 7. The van der Waals surface area contributed by atoms with Crippen LogP contribution in [0.3, 0.4) is 0 Å². The Bertz CT molecular complexity index is 292. The zero-order valence-corrected chi connectivity index (χ0v) is 12.4. The van der Waals surface area contributed by atoms with Gasteiger partial charge in [0, 0.05) is 19.6 Å². The molecular formula is C16H29NO3. The van der Waals surface area contributed by atoms with E-state index in [1.165, 1.54) is 38.5 Å². The Morgan fingerprint density at radius 2 is 1.35 bits per heavy atom. The Balaban J connectivity index is 1.65. The highest BCUT2D eigenvalue weighted by Gasteiger charge is 2.53. The monoisotopic (exact) mass is 283 g/mol. The summed E-state index contributed by atoms with van der Waals surface area (Å²) in [4.78, 5) is 2.00. The van der Waals surface area contributed by atoms with Crippen molar-refractivity contribution in [1.29, 1.82) is 0 Å². The Morgan fingerprint density at radius 1 is 0.900 bits per heavy atom. The van der Waals surface area contributed by atoms with Crippen molar-refractivity contribution in [3.05, 3.63) is 0 Å². The van der Waals surface area contributed by atoms with E-state index in [0.29, 0.717) is 19.6 Å². The predicted molar refractivity (Wildman–Crippen MR) is 77.2 cm³/mol. The third kappa shape index (κ3) is 2.76. The Kier molecular flexibility index (Phi) is 4.37. The molecule has 0 heterocycles. The summed E-state index contributed by atoms with van der Waals surface area (Å²) in [6.07, 6.45) is 7.48. The van der Waals surface area contributed by atoms with Gasteiger partial charge in [0.1, 0.15) is 0 Å². The molecule has 1 atom stereocenters. The van der Waals surface area contributed by atoms with Crippen molar-refractivity contribution >= 4 is 0 Å². The average molecular weight is 283 g/mol. The molecule has 4 rings (SSSR count). The number of aliphatic hydroxyl groups excluding tert-OH is 3. The lowest BCUT2D eigenvalue weighted by Gasteiger charge is -2.58. The first-order valence-corrected chi connectivity index (χ1v) is 8.27. The minimum atomic E-state index is -0.297. The van der Waals surface area contributed by atoms with Gasteiger partial charge in [0.25, 0.3) is 0 Å². The first-order chi connectivity index (χ1) is 9.65. The molecule has 4 nitrogen and oxygen atoms in total. The summed E-state index contributed by atoms with van der Waals surface area (Å²) < 4.78 is 0. The van der Waals surface area contributed by atoms with Crippen LogP contribution in [-0.2, 0) is 0 Å². The minimum absolute atomic E-state index is 0.0909. The normalized spacial score (nSPS) is 40.5. The zero-order chi connectivity index (χ0) is 14.2. The maximum Gasteiger partial charge on any atom is 0.0723 e. The molecule has 4 aliphatic rings. The van der Waals surface area contributed by atoms with Crippen LogP contribution < -0.4 is 0 Å². The zero-order valence-electron chi connectivity index (χ0n) is 12.4. The van der Waals surface area contributed by atoms with E-state index >= 15 is 0 Å². The Hall–Kier alpha value is -0.160. The van der Waals surface area contributed by atoms with Crippen molar-refractivity contribution in [2.75, 3.05) is 32.8 Å². The van der Waals surface area contributed by atoms with Gasteiger partial charge in [-0.2, -0.15) is 0 Å². The second kappa shape index (κ2) is 5.91. The van der Waals surface area contributed by atoms with Gasteiger partial charge in [0.05, 0.1) is 19.3 Å². The van der Waals surface area contributed by atoms with Gasteiger partial charge in [-0.15, -0.1) is 0 Å². The number of nitrogens with zero attached hydrogens (tertiary/aromatic N) is 1. The minimum Gasteiger partial charge on any atom is -0.395 e. The summed E-state index contributed by atoms with van der Waals surface area (Å²) in [6, 6.07) is 0. The van der Waals surface area contributed by atoms with E-state index < -0.39 is 0 Å². The second-order valence-electron chi connectivity index (χ2n) is 7.54. The van der Waals surface area contributed by atoms with E-state index in [9.17, 15) is 5.11 Å². The Labute approximate surface area is 121 Å². The van der Waals surface area contributed by atoms with Gasteiger partial charge in [0.15, 0.2) is 0 Å². The molecule has 0 aromatic carbocycles. The van der Waals surface area contributed by atoms with Crippen molar-refractivity contribution in [3.63, 3.8) is 0 Å². The van der Waals surface area contributed by atoms with Gasteiger partial charge in [-0.05, 0) is 61.7 Å². The molecule has 0 saturated heterocycles. The maximum absolute atomic E-state index is 10.8. The Morgan fingerprint density at radius 3 is 1.75 bits per heavy atom. The van der Waals surface area contributed by atoms with Crippen molar-refractivity contribution in [1.82, 2.24) is 4.90 Å². The summed E-state index contributed by atoms with van der Waals surface area (Å²) in [5.41, 5.74) is 0.137. The van der Waals surface area contributed by atoms with E-state index in [1.54, 1.807) is 0 Å². The lowest BCUT2D eigenvalue weighted by molar-refractivity contribution is -0.127. The van der Waals surface area contributed by atoms with E-state index in [-0.39, 0.29) is 24.7 Å². The summed E-state index contributed by atoms with van der Waals surface area (Å²) in [5.74, 6) is 2.54. The molecule has 1 unspecified atom stereocenters. The number of hydrogen-bond donors (Lipinski definition) is 3. The summed E-state index contributed by atoms with van der Waals surface area (Å²) >= 11 is 0. The molecule has 3 N–H and O–H groups in total. The summed E-state index contributed by atoms with van der Waals surface area (Å²) in [7, 11) is 0. The molecule has 4 aliphatic carbocycles. The molecule has 0 aromatic rings. The van der Waals surface area contributed by atoms with Crippen molar-refractivity contribution in [2.24, 2.45) is 23.2 Å². The van der Waals surface area contributed by atoms with E-state index in [2.05, 4.69) is 0 Å². The van der Waals surface area contributed by atoms with E-state index in [1.807, 2.05) is 4.90 Å². The second-order valence-corrected chi connectivity index (χ2v) is 7.54. The molecule has 0 amide bonds. The van der Waals surface area contributed by atoms with Gasteiger partial charge in [-0.3, -0.25) is 4.90 Å². The lowest BCUT2D eigenvalue weighted by Crippen LogP contribution is -2.54. The highest BCUT2D eigenvalue weighted by atomic mass is 16.3. The van der Waals surface area contributed by atoms with Crippen LogP contribution >= 0.6 is 0 Å². The fourth-order valence-electron chi connectivity index (χ4n) is 5.60. The number of hydrogen-bond acceptors (Lipinski definition) is 4. The molecule has 0 spiro atoms. The van der Waals surface area contributed by atoms with Crippen molar-refractivity contribution in [3.8, 4) is 0 Å². The fraction of sp³-hybridized carbons (Fsp3) is 1.00. The van der Waals surface area contributed by atoms with Crippen molar-refractivity contribution in [2.45, 2.75) is 44.6 Å². The third-order valence-electron chi connectivity index (χ3n) is 6.06. The van der Waals surface area contributed by atoms with Crippen LogP contribution in [0.2, 0.25) is 0 Å². The fourth-order valence-corrected chi connectivity index (χ4v) is 5.60. The van der Waals surface area contributed by atoms with Crippen LogP contribution in [-0.4, -0.2) is 59.2 Å². The van der Waals surface area contributed by atoms with Gasteiger partial charge in [-0.25, -0.2) is 0 Å². The third-order valence-corrected chi connectivity index (χ3v) is 6.06. The smallest absolute Gasteiger partial charge is 0.0723 e. The molecule has 0 aliphatic heterocycles. The van der Waals surface area contributed by atoms with Crippen LogP contribution in [0.5, 0.6) is 0 Å². The van der Waals surface area contributed by atoms with E-state index in [4.69, 9.17) is 10.2 Å². The first kappa shape index (κ1) is 14.8. The summed E-state index contributed by atoms with van der Waals surface area (Å²) in [6.45, 7) is 1.88. The molecule has 4 saturated carbocycles. The van der Waals surface area contributed by atoms with Gasteiger partial charge < -0.3 is 15.3 Å². The van der Waals surface area contributed by atoms with Gasteiger partial charge in [-0.1, -0.05) is 0 Å². The maximum atomic E-state index is 10.8. The SMILES string of the molecule is OCCN(CCO)CC(O)C12CC3CC(CC(C3)C1)C2. The predicted octanol–water partition coefficient (Wildman–Crippen LogP) is 0.850. The van der Waals surface area contributed by atoms with Crippen LogP contribution in [0.25, 0.3) is 0 Å². The molecule has 116 valence electrons. The van der Waals surface area contributed by atoms with Crippen LogP contribution in [0.1, 0.15) is 38.5 Å². The van der Waals surface area contributed by atoms with Crippen LogP contribution in [0.15, 0.2) is 0 Å². The highest BCUT2D eigenvalue weighted by molar-refractivity contribution is 5.04. The van der Waals surface area contributed by atoms with Crippen molar-refractivity contribution < 1.29 is 15.3 Å². The topological polar surface area (TPSA) is 63.9 Å². The largest absolute Gasteiger partial charge is 0.395 e. The summed E-state index contributed by atoms with van der Waals surface area (Å²) in [5, 5.41) is 29.0. The standard InChI is InChI=1S/C16H29NO3/c18-3-1-17(2-4-19)11-15(20)16-8-12-5-13(9-16)7-14(6-12)10-16/h12-15,18-20H,1-11H2. The molecule has 0 aromatic heterocycles. The number of aliphatic hydroxyl groups is 3. The lowest BCUT2D eigenvalue weighted by atomic mass is 9.48. The van der Waals surface area contributed by atoms with E-state index in [0.717, 1.165) is 17.8 Å². The van der Waals surface area contributed by atoms with Crippen LogP contribution in [0, 0.1) is 23.2 Å². The van der Waals surface area contributed by atoms with Crippen LogP contribution in [0.4, 0.5) is 0 Å². The molecule has 20 heavy (non-hydrogen) atoms. The molecule has 4 fully saturated rings. The van der Waals surface area contributed by atoms with Gasteiger partial charge >= 0.3 is 0 Å². The molecule has 4 heteroatoms. The first-order valence-electron chi connectivity index (χ1n) is 8.27. The highest BCUT2D eigenvalue weighted by Crippen LogP contribution is 2.61.